The van der Waals surface area contributed by atoms with E-state index < -0.39 is 0 Å². The van der Waals surface area contributed by atoms with Gasteiger partial charge in [0.2, 0.25) is 0 Å². The molecule has 0 aliphatic rings. The Bertz CT molecular complexity index is 419. The molecule has 112 valence electrons. The van der Waals surface area contributed by atoms with E-state index in [0.29, 0.717) is 17.4 Å². The molecule has 3 N–H and O–H groups in total. The Balaban J connectivity index is 2.89. The third-order valence-electron chi connectivity index (χ3n) is 3.03. The van der Waals surface area contributed by atoms with Crippen LogP contribution in [-0.4, -0.2) is 23.9 Å². The number of benzene rings is 1. The van der Waals surface area contributed by atoms with Crippen molar-refractivity contribution in [3.8, 4) is 0 Å². The molecule has 0 unspecified atom stereocenters. The third kappa shape index (κ3) is 5.31. The van der Waals surface area contributed by atoms with Crippen molar-refractivity contribution in [2.45, 2.75) is 34.2 Å². The van der Waals surface area contributed by atoms with Crippen LogP contribution in [0.15, 0.2) is 24.3 Å². The van der Waals surface area contributed by atoms with Gasteiger partial charge in [0.1, 0.15) is 0 Å². The van der Waals surface area contributed by atoms with Gasteiger partial charge in [-0.2, -0.15) is 0 Å². The van der Waals surface area contributed by atoms with Crippen molar-refractivity contribution in [3.05, 3.63) is 35.4 Å². The van der Waals surface area contributed by atoms with Crippen LogP contribution in [0.3, 0.4) is 0 Å². The van der Waals surface area contributed by atoms with Gasteiger partial charge in [-0.1, -0.05) is 45.9 Å². The Morgan fingerprint density at radius 2 is 1.70 bits per heavy atom. The van der Waals surface area contributed by atoms with Gasteiger partial charge in [0.25, 0.3) is 5.91 Å². The van der Waals surface area contributed by atoms with Crippen LogP contribution < -0.4 is 11.3 Å². The fourth-order valence-electron chi connectivity index (χ4n) is 2.43. The molecule has 1 aromatic carbocycles. The van der Waals surface area contributed by atoms with Crippen molar-refractivity contribution < 1.29 is 4.79 Å². The molecule has 0 atom stereocenters. The fourth-order valence-corrected chi connectivity index (χ4v) is 2.43. The molecule has 0 radical (unpaired) electrons. The molecule has 0 saturated carbocycles. The average Bonchev–Trinajstić information content (AvgIpc) is 2.37. The smallest absolute Gasteiger partial charge is 0.265 e. The minimum atomic E-state index is -0.227. The van der Waals surface area contributed by atoms with Gasteiger partial charge in [-0.05, 0) is 23.5 Å². The number of nitrogens with two attached hydrogens (primary N) is 1. The van der Waals surface area contributed by atoms with E-state index in [1.165, 1.54) is 0 Å². The van der Waals surface area contributed by atoms with E-state index in [-0.39, 0.29) is 5.91 Å². The lowest BCUT2D eigenvalue weighted by Gasteiger charge is -2.26. The standard InChI is InChI=1S/C16H27N3O/c1-12(2)9-19(10-13(3)4)11-14-7-5-6-8-15(14)16(20)18-17/h5-8,12-13H,9-11,17H2,1-4H3,(H,18,20). The van der Waals surface area contributed by atoms with Crippen LogP contribution in [0, 0.1) is 11.8 Å². The summed E-state index contributed by atoms with van der Waals surface area (Å²) in [6, 6.07) is 7.65. The number of hydrazine groups is 1. The van der Waals surface area contributed by atoms with Crippen LogP contribution >= 0.6 is 0 Å². The van der Waals surface area contributed by atoms with Crippen molar-refractivity contribution in [1.29, 1.82) is 0 Å². The lowest BCUT2D eigenvalue weighted by Crippen LogP contribution is -2.34. The Labute approximate surface area is 122 Å². The quantitative estimate of drug-likeness (QED) is 0.457. The zero-order chi connectivity index (χ0) is 15.1. The van der Waals surface area contributed by atoms with E-state index >= 15 is 0 Å². The Kier molecular flexibility index (Phi) is 6.68. The van der Waals surface area contributed by atoms with Gasteiger partial charge in [-0.25, -0.2) is 5.84 Å². The molecule has 0 aliphatic carbocycles. The second-order valence-corrected chi connectivity index (χ2v) is 6.11. The predicted molar refractivity (Wildman–Crippen MR) is 83.0 cm³/mol. The number of nitrogens with zero attached hydrogens (tertiary/aromatic N) is 1. The van der Waals surface area contributed by atoms with E-state index in [2.05, 4.69) is 38.0 Å². The number of rotatable bonds is 7. The maximum atomic E-state index is 11.8. The molecule has 0 aliphatic heterocycles. The molecule has 0 aromatic heterocycles. The molecule has 20 heavy (non-hydrogen) atoms. The summed E-state index contributed by atoms with van der Waals surface area (Å²) in [5, 5.41) is 0. The van der Waals surface area contributed by atoms with Gasteiger partial charge in [0.05, 0.1) is 0 Å². The molecular weight excluding hydrogens is 250 g/mol. The molecule has 0 saturated heterocycles. The summed E-state index contributed by atoms with van der Waals surface area (Å²) in [5.41, 5.74) is 3.90. The van der Waals surface area contributed by atoms with E-state index in [9.17, 15) is 4.79 Å². The zero-order valence-electron chi connectivity index (χ0n) is 13.0. The van der Waals surface area contributed by atoms with Gasteiger partial charge in [-0.3, -0.25) is 15.1 Å². The normalized spacial score (nSPS) is 11.4. The van der Waals surface area contributed by atoms with Crippen LogP contribution in [0.5, 0.6) is 0 Å². The van der Waals surface area contributed by atoms with E-state index in [4.69, 9.17) is 5.84 Å². The molecule has 0 fully saturated rings. The monoisotopic (exact) mass is 277 g/mol. The van der Waals surface area contributed by atoms with Crippen LogP contribution in [0.4, 0.5) is 0 Å². The SMILES string of the molecule is CC(C)CN(Cc1ccccc1C(=O)NN)CC(C)C. The molecule has 1 rings (SSSR count). The van der Waals surface area contributed by atoms with Gasteiger partial charge in [0, 0.05) is 25.2 Å². The minimum Gasteiger partial charge on any atom is -0.299 e. The highest BCUT2D eigenvalue weighted by Gasteiger charge is 2.15. The van der Waals surface area contributed by atoms with Gasteiger partial charge < -0.3 is 0 Å². The summed E-state index contributed by atoms with van der Waals surface area (Å²) in [6.45, 7) is 11.7. The minimum absolute atomic E-state index is 0.227. The number of nitrogen functional groups attached to an aromatic ring is 1. The molecule has 0 heterocycles. The molecular formula is C16H27N3O. The van der Waals surface area contributed by atoms with Crippen molar-refractivity contribution in [2.75, 3.05) is 13.1 Å². The summed E-state index contributed by atoms with van der Waals surface area (Å²) in [7, 11) is 0. The second-order valence-electron chi connectivity index (χ2n) is 6.11. The first kappa shape index (κ1) is 16.7. The average molecular weight is 277 g/mol. The van der Waals surface area contributed by atoms with Gasteiger partial charge in [0.15, 0.2) is 0 Å². The maximum absolute atomic E-state index is 11.8. The van der Waals surface area contributed by atoms with E-state index in [1.54, 1.807) is 0 Å². The van der Waals surface area contributed by atoms with Crippen molar-refractivity contribution >= 4 is 5.91 Å². The largest absolute Gasteiger partial charge is 0.299 e. The molecule has 4 nitrogen and oxygen atoms in total. The summed E-state index contributed by atoms with van der Waals surface area (Å²) < 4.78 is 0. The summed E-state index contributed by atoms with van der Waals surface area (Å²) in [6.07, 6.45) is 0. The Morgan fingerprint density at radius 3 is 2.20 bits per heavy atom. The number of amides is 1. The van der Waals surface area contributed by atoms with Crippen LogP contribution in [0.25, 0.3) is 0 Å². The van der Waals surface area contributed by atoms with Crippen molar-refractivity contribution in [1.82, 2.24) is 10.3 Å². The van der Waals surface area contributed by atoms with Gasteiger partial charge in [-0.15, -0.1) is 0 Å². The first-order valence-electron chi connectivity index (χ1n) is 7.25. The number of nitrogens with one attached hydrogen (secondary N) is 1. The topological polar surface area (TPSA) is 58.4 Å². The molecule has 1 amide bonds. The number of carbonyl (C=O) groups excluding carboxylic acids is 1. The highest BCUT2D eigenvalue weighted by molar-refractivity contribution is 5.95. The Morgan fingerprint density at radius 1 is 1.15 bits per heavy atom. The first-order chi connectivity index (χ1) is 9.43. The summed E-state index contributed by atoms with van der Waals surface area (Å²) in [5.74, 6) is 6.23. The predicted octanol–water partition coefficient (Wildman–Crippen LogP) is 2.40. The number of carbonyl (C=O) groups is 1. The van der Waals surface area contributed by atoms with Crippen molar-refractivity contribution in [3.63, 3.8) is 0 Å². The molecule has 0 spiro atoms. The first-order valence-corrected chi connectivity index (χ1v) is 7.25. The Hall–Kier alpha value is -1.39. The van der Waals surface area contributed by atoms with E-state index in [0.717, 1.165) is 25.2 Å². The number of hydrogen-bond acceptors (Lipinski definition) is 3. The molecule has 1 aromatic rings. The third-order valence-corrected chi connectivity index (χ3v) is 3.03. The van der Waals surface area contributed by atoms with Crippen LogP contribution in [-0.2, 0) is 6.54 Å². The molecule has 4 heteroatoms. The van der Waals surface area contributed by atoms with Crippen LogP contribution in [0.1, 0.15) is 43.6 Å². The summed E-state index contributed by atoms with van der Waals surface area (Å²) in [4.78, 5) is 14.2. The maximum Gasteiger partial charge on any atom is 0.265 e. The van der Waals surface area contributed by atoms with Crippen molar-refractivity contribution in [2.24, 2.45) is 17.7 Å². The zero-order valence-corrected chi connectivity index (χ0v) is 13.0. The second kappa shape index (κ2) is 8.02. The number of hydrogen-bond donors (Lipinski definition) is 2. The van der Waals surface area contributed by atoms with Crippen LogP contribution in [0.2, 0.25) is 0 Å². The summed E-state index contributed by atoms with van der Waals surface area (Å²) >= 11 is 0. The lowest BCUT2D eigenvalue weighted by molar-refractivity contribution is 0.0951. The highest BCUT2D eigenvalue weighted by Crippen LogP contribution is 2.14. The van der Waals surface area contributed by atoms with Gasteiger partial charge >= 0.3 is 0 Å². The lowest BCUT2D eigenvalue weighted by atomic mass is 10.0. The fraction of sp³-hybridized carbons (Fsp3) is 0.562. The van der Waals surface area contributed by atoms with E-state index in [1.807, 2.05) is 24.3 Å². The molecule has 0 bridgehead atoms. The highest BCUT2D eigenvalue weighted by atomic mass is 16.2.